The maximum atomic E-state index is 6.26. The number of rotatable bonds is 0. The quantitative estimate of drug-likeness (QED) is 0.722. The van der Waals surface area contributed by atoms with Crippen LogP contribution >= 0.6 is 0 Å². The van der Waals surface area contributed by atoms with E-state index in [1.807, 2.05) is 18.2 Å². The highest BCUT2D eigenvalue weighted by Crippen LogP contribution is 2.53. The molecule has 1 spiro atoms. The average molecular weight is 254 g/mol. The van der Waals surface area contributed by atoms with E-state index in [1.165, 1.54) is 5.39 Å². The van der Waals surface area contributed by atoms with E-state index in [-0.39, 0.29) is 6.10 Å². The first-order valence-corrected chi connectivity index (χ1v) is 6.89. The lowest BCUT2D eigenvalue weighted by molar-refractivity contribution is -0.121. The van der Waals surface area contributed by atoms with Crippen molar-refractivity contribution in [3.05, 3.63) is 36.4 Å². The number of fused-ring (bicyclic) bond motifs is 6. The van der Waals surface area contributed by atoms with Crippen molar-refractivity contribution in [3.63, 3.8) is 0 Å². The molecule has 0 radical (unpaired) electrons. The molecule has 0 aromatic heterocycles. The van der Waals surface area contributed by atoms with E-state index in [9.17, 15) is 0 Å². The third kappa shape index (κ3) is 1.21. The molecule has 0 amide bonds. The Hall–Kier alpha value is -1.74. The molecule has 0 N–H and O–H groups in total. The Morgan fingerprint density at radius 3 is 2.79 bits per heavy atom. The molecule has 2 bridgehead atoms. The van der Waals surface area contributed by atoms with Gasteiger partial charge in [0, 0.05) is 5.39 Å². The topological polar surface area (TPSA) is 27.7 Å². The molecule has 2 aromatic carbocycles. The fraction of sp³-hybridized carbons (Fsp3) is 0.375. The molecule has 3 heteroatoms. The summed E-state index contributed by atoms with van der Waals surface area (Å²) in [5.41, 5.74) is 0. The minimum absolute atomic E-state index is 0.0867. The van der Waals surface area contributed by atoms with Crippen LogP contribution in [0.3, 0.4) is 0 Å². The second-order valence-corrected chi connectivity index (χ2v) is 5.66. The highest BCUT2D eigenvalue weighted by Gasteiger charge is 2.59. The monoisotopic (exact) mass is 254 g/mol. The van der Waals surface area contributed by atoms with Gasteiger partial charge in [0.2, 0.25) is 0 Å². The zero-order valence-corrected chi connectivity index (χ0v) is 10.5. The standard InChI is InChI=1S/C16H14O3/c1-2-4-12-10(3-1)5-7-13-15(12)19-16(18-13)9-11-6-8-14(16)17-11/h1-5,7,11,14H,6,8-9H2. The molecule has 3 heterocycles. The van der Waals surface area contributed by atoms with Crippen molar-refractivity contribution in [1.82, 2.24) is 0 Å². The molecule has 3 nitrogen and oxygen atoms in total. The van der Waals surface area contributed by atoms with Gasteiger partial charge in [0.05, 0.1) is 12.5 Å². The van der Waals surface area contributed by atoms with Crippen LogP contribution in [0, 0.1) is 0 Å². The fourth-order valence-corrected chi connectivity index (χ4v) is 3.63. The Kier molecular flexibility index (Phi) is 1.71. The lowest BCUT2D eigenvalue weighted by atomic mass is 9.94. The summed E-state index contributed by atoms with van der Waals surface area (Å²) in [6, 6.07) is 12.4. The van der Waals surface area contributed by atoms with E-state index in [1.54, 1.807) is 0 Å². The van der Waals surface area contributed by atoms with Crippen molar-refractivity contribution in [2.45, 2.75) is 37.3 Å². The van der Waals surface area contributed by atoms with Crippen molar-refractivity contribution >= 4 is 10.8 Å². The van der Waals surface area contributed by atoms with Gasteiger partial charge in [-0.05, 0) is 24.3 Å². The summed E-state index contributed by atoms with van der Waals surface area (Å²) in [5, 5.41) is 2.31. The minimum atomic E-state index is -0.560. The third-order valence-corrected chi connectivity index (χ3v) is 4.51. The van der Waals surface area contributed by atoms with Gasteiger partial charge in [-0.25, -0.2) is 0 Å². The number of hydrogen-bond acceptors (Lipinski definition) is 3. The van der Waals surface area contributed by atoms with Crippen LogP contribution in [0.25, 0.3) is 10.8 Å². The van der Waals surface area contributed by atoms with Crippen LogP contribution in [0.15, 0.2) is 36.4 Å². The zero-order valence-electron chi connectivity index (χ0n) is 10.5. The molecule has 3 unspecified atom stereocenters. The fourth-order valence-electron chi connectivity index (χ4n) is 3.63. The smallest absolute Gasteiger partial charge is 0.280 e. The van der Waals surface area contributed by atoms with Crippen LogP contribution in [0.1, 0.15) is 19.3 Å². The maximum Gasteiger partial charge on any atom is 0.280 e. The summed E-state index contributed by atoms with van der Waals surface area (Å²) in [4.78, 5) is 0. The average Bonchev–Trinajstić information content (AvgIpc) is 3.11. The summed E-state index contributed by atoms with van der Waals surface area (Å²) in [6.45, 7) is 0. The van der Waals surface area contributed by atoms with Crippen LogP contribution in [-0.4, -0.2) is 18.0 Å². The lowest BCUT2D eigenvalue weighted by Gasteiger charge is -2.28. The second-order valence-electron chi connectivity index (χ2n) is 5.66. The zero-order chi connectivity index (χ0) is 12.4. The van der Waals surface area contributed by atoms with Crippen LogP contribution in [0.2, 0.25) is 0 Å². The Balaban J connectivity index is 1.66. The van der Waals surface area contributed by atoms with Gasteiger partial charge in [0.25, 0.3) is 5.79 Å². The van der Waals surface area contributed by atoms with Crippen LogP contribution < -0.4 is 9.47 Å². The first-order valence-electron chi connectivity index (χ1n) is 6.89. The molecule has 5 rings (SSSR count). The summed E-state index contributed by atoms with van der Waals surface area (Å²) < 4.78 is 18.3. The summed E-state index contributed by atoms with van der Waals surface area (Å²) in [7, 11) is 0. The molecule has 0 saturated carbocycles. The van der Waals surface area contributed by atoms with Crippen molar-refractivity contribution in [1.29, 1.82) is 0 Å². The number of ether oxygens (including phenoxy) is 3. The highest BCUT2D eigenvalue weighted by molar-refractivity contribution is 5.91. The third-order valence-electron chi connectivity index (χ3n) is 4.51. The first-order chi connectivity index (χ1) is 9.34. The molecule has 19 heavy (non-hydrogen) atoms. The largest absolute Gasteiger partial charge is 0.446 e. The molecule has 2 aromatic rings. The van der Waals surface area contributed by atoms with Crippen molar-refractivity contribution in [2.24, 2.45) is 0 Å². The highest BCUT2D eigenvalue weighted by atomic mass is 16.8. The number of benzene rings is 2. The molecule has 2 saturated heterocycles. The summed E-state index contributed by atoms with van der Waals surface area (Å²) in [5.74, 6) is 1.18. The Bertz CT molecular complexity index is 681. The van der Waals surface area contributed by atoms with Gasteiger partial charge in [-0.3, -0.25) is 0 Å². The normalized spacial score (nSPS) is 34.5. The predicted molar refractivity (Wildman–Crippen MR) is 70.4 cm³/mol. The maximum absolute atomic E-state index is 6.26. The van der Waals surface area contributed by atoms with E-state index in [4.69, 9.17) is 14.2 Å². The van der Waals surface area contributed by atoms with Crippen molar-refractivity contribution in [2.75, 3.05) is 0 Å². The SMILES string of the molecule is c1ccc2c3c(ccc2c1)OC1(CC2CCC1O2)O3. The van der Waals surface area contributed by atoms with Crippen molar-refractivity contribution in [3.8, 4) is 11.5 Å². The molecular weight excluding hydrogens is 240 g/mol. The van der Waals surface area contributed by atoms with Crippen LogP contribution in [0.5, 0.6) is 11.5 Å². The van der Waals surface area contributed by atoms with Gasteiger partial charge >= 0.3 is 0 Å². The van der Waals surface area contributed by atoms with Crippen LogP contribution in [-0.2, 0) is 4.74 Å². The molecule has 2 fully saturated rings. The number of hydrogen-bond donors (Lipinski definition) is 0. The summed E-state index contributed by atoms with van der Waals surface area (Å²) in [6.07, 6.45) is 3.42. The molecule has 3 aliphatic rings. The molecule has 0 aliphatic carbocycles. The van der Waals surface area contributed by atoms with Gasteiger partial charge in [-0.2, -0.15) is 0 Å². The second kappa shape index (κ2) is 3.23. The Morgan fingerprint density at radius 1 is 1.00 bits per heavy atom. The molecule has 3 atom stereocenters. The Labute approximate surface area is 111 Å². The van der Waals surface area contributed by atoms with E-state index < -0.39 is 5.79 Å². The molecule has 96 valence electrons. The summed E-state index contributed by atoms with van der Waals surface area (Å²) >= 11 is 0. The van der Waals surface area contributed by atoms with Gasteiger partial charge < -0.3 is 14.2 Å². The predicted octanol–water partition coefficient (Wildman–Crippen LogP) is 3.26. The molecule has 3 aliphatic heterocycles. The van der Waals surface area contributed by atoms with Crippen molar-refractivity contribution < 1.29 is 14.2 Å². The van der Waals surface area contributed by atoms with Crippen LogP contribution in [0.4, 0.5) is 0 Å². The molecular formula is C16H14O3. The van der Waals surface area contributed by atoms with Gasteiger partial charge in [0.15, 0.2) is 11.5 Å². The lowest BCUT2D eigenvalue weighted by Crippen LogP contribution is -2.47. The van der Waals surface area contributed by atoms with Gasteiger partial charge in [0.1, 0.15) is 6.10 Å². The van der Waals surface area contributed by atoms with E-state index in [2.05, 4.69) is 18.2 Å². The Morgan fingerprint density at radius 2 is 1.95 bits per heavy atom. The van der Waals surface area contributed by atoms with E-state index >= 15 is 0 Å². The van der Waals surface area contributed by atoms with Gasteiger partial charge in [-0.15, -0.1) is 0 Å². The first kappa shape index (κ1) is 10.1. The van der Waals surface area contributed by atoms with E-state index in [0.717, 1.165) is 36.1 Å². The minimum Gasteiger partial charge on any atom is -0.446 e. The van der Waals surface area contributed by atoms with E-state index in [0.29, 0.717) is 6.10 Å². The van der Waals surface area contributed by atoms with Gasteiger partial charge in [-0.1, -0.05) is 30.3 Å².